The lowest BCUT2D eigenvalue weighted by atomic mass is 10.2. The number of nitrogens with zero attached hydrogens (tertiary/aromatic N) is 3. The zero-order chi connectivity index (χ0) is 9.26. The van der Waals surface area contributed by atoms with E-state index in [9.17, 15) is 0 Å². The van der Waals surface area contributed by atoms with Gasteiger partial charge in [0.2, 0.25) is 0 Å². The molecule has 13 heavy (non-hydrogen) atoms. The highest BCUT2D eigenvalue weighted by molar-refractivity contribution is 9.10. The molecular formula is C9H8BrN3. The van der Waals surface area contributed by atoms with E-state index in [2.05, 4.69) is 38.4 Å². The fourth-order valence-electron chi connectivity index (χ4n) is 1.20. The standard InChI is InChI=1S/C9H8BrN3/c1-7-4-8(10)6-9(5-7)13-3-2-11-12-13/h2-6H,1H3. The smallest absolute Gasteiger partial charge is 0.0697 e. The first-order chi connectivity index (χ1) is 6.25. The van der Waals surface area contributed by atoms with Gasteiger partial charge in [0, 0.05) is 4.47 Å². The molecule has 0 amide bonds. The van der Waals surface area contributed by atoms with Crippen molar-refractivity contribution in [1.82, 2.24) is 15.0 Å². The maximum atomic E-state index is 3.91. The summed E-state index contributed by atoms with van der Waals surface area (Å²) in [6, 6.07) is 6.11. The Bertz CT molecular complexity index is 389. The lowest BCUT2D eigenvalue weighted by Crippen LogP contribution is -1.95. The van der Waals surface area contributed by atoms with Crippen molar-refractivity contribution in [3.8, 4) is 5.69 Å². The molecule has 1 heterocycles. The fourth-order valence-corrected chi connectivity index (χ4v) is 1.79. The van der Waals surface area contributed by atoms with E-state index in [1.165, 1.54) is 5.56 Å². The number of hydrogen-bond donors (Lipinski definition) is 0. The van der Waals surface area contributed by atoms with E-state index in [0.717, 1.165) is 10.2 Å². The second-order valence-corrected chi connectivity index (χ2v) is 3.75. The molecule has 2 aromatic rings. The Hall–Kier alpha value is -1.16. The van der Waals surface area contributed by atoms with Crippen molar-refractivity contribution in [3.05, 3.63) is 40.6 Å². The van der Waals surface area contributed by atoms with Gasteiger partial charge in [0.15, 0.2) is 0 Å². The number of hydrogen-bond acceptors (Lipinski definition) is 2. The SMILES string of the molecule is Cc1cc(Br)cc(-n2ccnn2)c1. The normalized spacial score (nSPS) is 10.3. The Kier molecular flexibility index (Phi) is 2.14. The number of halogens is 1. The van der Waals surface area contributed by atoms with E-state index in [1.807, 2.05) is 19.2 Å². The van der Waals surface area contributed by atoms with Crippen molar-refractivity contribution in [3.63, 3.8) is 0 Å². The zero-order valence-electron chi connectivity index (χ0n) is 7.11. The average Bonchev–Trinajstić information content (AvgIpc) is 2.53. The Balaban J connectivity index is 2.53. The summed E-state index contributed by atoms with van der Waals surface area (Å²) in [6.45, 7) is 2.05. The van der Waals surface area contributed by atoms with E-state index in [0.29, 0.717) is 0 Å². The molecule has 2 rings (SSSR count). The van der Waals surface area contributed by atoms with Crippen molar-refractivity contribution in [2.75, 3.05) is 0 Å². The predicted octanol–water partition coefficient (Wildman–Crippen LogP) is 2.34. The van der Waals surface area contributed by atoms with Gasteiger partial charge in [0.05, 0.1) is 18.1 Å². The molecule has 3 nitrogen and oxygen atoms in total. The van der Waals surface area contributed by atoms with Crippen molar-refractivity contribution in [2.24, 2.45) is 0 Å². The van der Waals surface area contributed by atoms with E-state index >= 15 is 0 Å². The van der Waals surface area contributed by atoms with Gasteiger partial charge in [0.1, 0.15) is 0 Å². The molecule has 0 saturated heterocycles. The molecule has 0 aliphatic rings. The van der Waals surface area contributed by atoms with Crippen molar-refractivity contribution in [1.29, 1.82) is 0 Å². The monoisotopic (exact) mass is 237 g/mol. The third-order valence-electron chi connectivity index (χ3n) is 1.71. The van der Waals surface area contributed by atoms with Crippen LogP contribution in [0.25, 0.3) is 5.69 Å². The number of aryl methyl sites for hydroxylation is 1. The largest absolute Gasteiger partial charge is 0.221 e. The molecule has 0 bridgehead atoms. The lowest BCUT2D eigenvalue weighted by Gasteiger charge is -2.02. The van der Waals surface area contributed by atoms with Crippen molar-refractivity contribution >= 4 is 15.9 Å². The molecule has 1 aromatic carbocycles. The zero-order valence-corrected chi connectivity index (χ0v) is 8.69. The summed E-state index contributed by atoms with van der Waals surface area (Å²) >= 11 is 3.44. The summed E-state index contributed by atoms with van der Waals surface area (Å²) in [7, 11) is 0. The van der Waals surface area contributed by atoms with Gasteiger partial charge in [-0.1, -0.05) is 21.1 Å². The maximum absolute atomic E-state index is 3.91. The second kappa shape index (κ2) is 3.30. The van der Waals surface area contributed by atoms with E-state index < -0.39 is 0 Å². The first-order valence-electron chi connectivity index (χ1n) is 3.89. The number of benzene rings is 1. The summed E-state index contributed by atoms with van der Waals surface area (Å²) in [5, 5.41) is 7.67. The summed E-state index contributed by atoms with van der Waals surface area (Å²) in [4.78, 5) is 0. The van der Waals surface area contributed by atoms with Crippen LogP contribution in [0.3, 0.4) is 0 Å². The average molecular weight is 238 g/mol. The molecule has 0 aliphatic heterocycles. The Morgan fingerprint density at radius 1 is 1.31 bits per heavy atom. The molecule has 0 N–H and O–H groups in total. The number of rotatable bonds is 1. The van der Waals surface area contributed by atoms with Gasteiger partial charge in [-0.3, -0.25) is 0 Å². The van der Waals surface area contributed by atoms with Crippen LogP contribution >= 0.6 is 15.9 Å². The van der Waals surface area contributed by atoms with Crippen LogP contribution in [0.2, 0.25) is 0 Å². The summed E-state index contributed by atoms with van der Waals surface area (Å²) in [5.74, 6) is 0. The summed E-state index contributed by atoms with van der Waals surface area (Å²) < 4.78 is 2.79. The van der Waals surface area contributed by atoms with E-state index in [-0.39, 0.29) is 0 Å². The molecular weight excluding hydrogens is 230 g/mol. The molecule has 1 aromatic heterocycles. The van der Waals surface area contributed by atoms with Crippen LogP contribution in [0, 0.1) is 6.92 Å². The summed E-state index contributed by atoms with van der Waals surface area (Å²) in [6.07, 6.45) is 3.48. The van der Waals surface area contributed by atoms with Gasteiger partial charge in [-0.15, -0.1) is 5.10 Å². The first kappa shape index (κ1) is 8.44. The lowest BCUT2D eigenvalue weighted by molar-refractivity contribution is 0.802. The molecule has 0 unspecified atom stereocenters. The fraction of sp³-hybridized carbons (Fsp3) is 0.111. The molecule has 0 spiro atoms. The minimum atomic E-state index is 1.02. The highest BCUT2D eigenvalue weighted by Gasteiger charge is 1.98. The molecule has 0 aliphatic carbocycles. The molecule has 4 heteroatoms. The Morgan fingerprint density at radius 3 is 2.77 bits per heavy atom. The minimum absolute atomic E-state index is 1.02. The molecule has 0 atom stereocenters. The quantitative estimate of drug-likeness (QED) is 0.763. The van der Waals surface area contributed by atoms with Crippen LogP contribution in [0.15, 0.2) is 35.1 Å². The summed E-state index contributed by atoms with van der Waals surface area (Å²) in [5.41, 5.74) is 2.21. The van der Waals surface area contributed by atoms with Gasteiger partial charge < -0.3 is 0 Å². The minimum Gasteiger partial charge on any atom is -0.221 e. The van der Waals surface area contributed by atoms with Gasteiger partial charge in [-0.05, 0) is 30.7 Å². The van der Waals surface area contributed by atoms with Crippen LogP contribution in [0.4, 0.5) is 0 Å². The highest BCUT2D eigenvalue weighted by Crippen LogP contribution is 2.17. The van der Waals surface area contributed by atoms with Crippen LogP contribution in [0.1, 0.15) is 5.56 Å². The first-order valence-corrected chi connectivity index (χ1v) is 4.69. The Morgan fingerprint density at radius 2 is 2.15 bits per heavy atom. The molecule has 66 valence electrons. The van der Waals surface area contributed by atoms with Crippen LogP contribution in [-0.4, -0.2) is 15.0 Å². The van der Waals surface area contributed by atoms with Gasteiger partial charge in [0.25, 0.3) is 0 Å². The number of aromatic nitrogens is 3. The topological polar surface area (TPSA) is 30.7 Å². The Labute approximate surface area is 84.5 Å². The van der Waals surface area contributed by atoms with Gasteiger partial charge >= 0.3 is 0 Å². The van der Waals surface area contributed by atoms with Crippen LogP contribution < -0.4 is 0 Å². The molecule has 0 fully saturated rings. The van der Waals surface area contributed by atoms with E-state index in [4.69, 9.17) is 0 Å². The molecule has 0 radical (unpaired) electrons. The third kappa shape index (κ3) is 1.78. The van der Waals surface area contributed by atoms with Gasteiger partial charge in [-0.25, -0.2) is 4.68 Å². The van der Waals surface area contributed by atoms with Crippen molar-refractivity contribution < 1.29 is 0 Å². The molecule has 0 saturated carbocycles. The van der Waals surface area contributed by atoms with Gasteiger partial charge in [-0.2, -0.15) is 0 Å². The van der Waals surface area contributed by atoms with Crippen LogP contribution in [-0.2, 0) is 0 Å². The van der Waals surface area contributed by atoms with Crippen LogP contribution in [0.5, 0.6) is 0 Å². The van der Waals surface area contributed by atoms with E-state index in [1.54, 1.807) is 10.9 Å². The predicted molar refractivity (Wildman–Crippen MR) is 53.8 cm³/mol. The second-order valence-electron chi connectivity index (χ2n) is 2.83. The van der Waals surface area contributed by atoms with Crippen molar-refractivity contribution in [2.45, 2.75) is 6.92 Å². The highest BCUT2D eigenvalue weighted by atomic mass is 79.9. The maximum Gasteiger partial charge on any atom is 0.0697 e. The third-order valence-corrected chi connectivity index (χ3v) is 2.17.